The van der Waals surface area contributed by atoms with Crippen LogP contribution in [0.15, 0.2) is 54.6 Å². The molecular formula is C29H32FNaO5. The fourth-order valence-corrected chi connectivity index (χ4v) is 3.92. The zero-order valence-electron chi connectivity index (χ0n) is 21.3. The van der Waals surface area contributed by atoms with Gasteiger partial charge in [-0.25, -0.2) is 4.39 Å². The smallest absolute Gasteiger partial charge is 0.550 e. The first-order valence-corrected chi connectivity index (χ1v) is 12.1. The van der Waals surface area contributed by atoms with Gasteiger partial charge in [0, 0.05) is 24.0 Å². The van der Waals surface area contributed by atoms with Crippen LogP contribution >= 0.6 is 0 Å². The molecular weight excluding hydrogens is 470 g/mol. The van der Waals surface area contributed by atoms with E-state index in [4.69, 9.17) is 9.47 Å². The molecule has 0 aliphatic carbocycles. The molecule has 5 nitrogen and oxygen atoms in total. The monoisotopic (exact) mass is 502 g/mol. The van der Waals surface area contributed by atoms with Crippen molar-refractivity contribution in [2.45, 2.75) is 52.4 Å². The summed E-state index contributed by atoms with van der Waals surface area (Å²) in [6, 6.07) is 15.4. The van der Waals surface area contributed by atoms with Crippen LogP contribution in [0.5, 0.6) is 17.2 Å². The molecule has 1 N–H and O–H groups in total. The number of carbonyl (C=O) groups excluding carboxylic acids is 1. The average molecular weight is 503 g/mol. The van der Waals surface area contributed by atoms with E-state index in [2.05, 4.69) is 6.92 Å². The molecule has 0 aliphatic rings. The van der Waals surface area contributed by atoms with Crippen molar-refractivity contribution in [2.75, 3.05) is 13.2 Å². The quantitative estimate of drug-likeness (QED) is 0.287. The van der Waals surface area contributed by atoms with Gasteiger partial charge in [-0.3, -0.25) is 0 Å². The van der Waals surface area contributed by atoms with Crippen molar-refractivity contribution in [1.29, 1.82) is 0 Å². The number of aryl methyl sites for hydroxylation is 3. The number of rotatable bonds is 13. The first-order valence-electron chi connectivity index (χ1n) is 12.1. The van der Waals surface area contributed by atoms with E-state index in [1.807, 2.05) is 31.2 Å². The van der Waals surface area contributed by atoms with Crippen LogP contribution in [0.25, 0.3) is 11.1 Å². The van der Waals surface area contributed by atoms with Crippen LogP contribution < -0.4 is 44.1 Å². The Kier molecular flexibility index (Phi) is 12.3. The Morgan fingerprint density at radius 2 is 1.58 bits per heavy atom. The van der Waals surface area contributed by atoms with Crippen LogP contribution in [-0.2, 0) is 24.1 Å². The molecule has 0 aromatic heterocycles. The minimum atomic E-state index is -1.06. The molecule has 3 aromatic rings. The minimum absolute atomic E-state index is 0. The van der Waals surface area contributed by atoms with Gasteiger partial charge in [0.1, 0.15) is 23.1 Å². The van der Waals surface area contributed by atoms with Crippen molar-refractivity contribution < 1.29 is 58.4 Å². The van der Waals surface area contributed by atoms with Gasteiger partial charge >= 0.3 is 29.6 Å². The van der Waals surface area contributed by atoms with Crippen molar-refractivity contribution in [3.8, 4) is 28.4 Å². The van der Waals surface area contributed by atoms with Gasteiger partial charge in [-0.05, 0) is 72.2 Å². The van der Waals surface area contributed by atoms with Gasteiger partial charge < -0.3 is 24.5 Å². The van der Waals surface area contributed by atoms with Crippen LogP contribution in [0, 0.1) is 5.82 Å². The SMILES string of the molecule is CCCc1ccc(CCC(=O)[O-])cc1OCCCOc1cc(O)c(-c2ccc(F)cc2)cc1CC.[Na+]. The van der Waals surface area contributed by atoms with Crippen molar-refractivity contribution in [3.05, 3.63) is 77.1 Å². The molecule has 0 radical (unpaired) electrons. The van der Waals surface area contributed by atoms with Crippen molar-refractivity contribution in [3.63, 3.8) is 0 Å². The number of benzene rings is 3. The number of carboxylic acid groups (broad SMARTS) is 1. The first-order chi connectivity index (χ1) is 16.9. The second-order valence-corrected chi connectivity index (χ2v) is 8.45. The predicted octanol–water partition coefficient (Wildman–Crippen LogP) is 2.25. The van der Waals surface area contributed by atoms with Gasteiger partial charge in [-0.2, -0.15) is 0 Å². The van der Waals surface area contributed by atoms with E-state index in [1.165, 1.54) is 12.1 Å². The molecule has 0 saturated carbocycles. The molecule has 0 fully saturated rings. The van der Waals surface area contributed by atoms with Crippen molar-refractivity contribution in [2.24, 2.45) is 0 Å². The standard InChI is InChI=1S/C29H33FO5.Na/c1-3-6-23-9-7-20(8-14-29(32)33)17-27(23)34-15-5-16-35-28-19-26(31)25(18-21(28)4-2)22-10-12-24(30)13-11-22;/h7,9-13,17-19,31H,3-6,8,14-16H2,1-2H3,(H,32,33);/q;+1/p-1. The summed E-state index contributed by atoms with van der Waals surface area (Å²) in [5.41, 5.74) is 4.33. The summed E-state index contributed by atoms with van der Waals surface area (Å²) in [6.07, 6.45) is 3.61. The summed E-state index contributed by atoms with van der Waals surface area (Å²) < 4.78 is 25.2. The van der Waals surface area contributed by atoms with Crippen LogP contribution in [0.1, 0.15) is 49.8 Å². The maximum absolute atomic E-state index is 13.3. The number of aliphatic carboxylic acids is 1. The van der Waals surface area contributed by atoms with Crippen LogP contribution in [0.4, 0.5) is 4.39 Å². The zero-order chi connectivity index (χ0) is 25.2. The normalized spacial score (nSPS) is 10.5. The number of hydrogen-bond acceptors (Lipinski definition) is 5. The number of carboxylic acids is 1. The van der Waals surface area contributed by atoms with Gasteiger partial charge in [-0.15, -0.1) is 0 Å². The Hall–Kier alpha value is -2.54. The Balaban J connectivity index is 0.00000456. The second kappa shape index (κ2) is 14.9. The topological polar surface area (TPSA) is 78.8 Å². The fourth-order valence-electron chi connectivity index (χ4n) is 3.92. The summed E-state index contributed by atoms with van der Waals surface area (Å²) in [5.74, 6) is 0.0883. The number of carbonyl (C=O) groups is 1. The third-order valence-corrected chi connectivity index (χ3v) is 5.79. The zero-order valence-corrected chi connectivity index (χ0v) is 23.3. The van der Waals surface area contributed by atoms with Crippen LogP contribution in [0.3, 0.4) is 0 Å². The number of phenolic OH excluding ortho intramolecular Hbond substituents is 1. The van der Waals surface area contributed by atoms with Crippen molar-refractivity contribution in [1.82, 2.24) is 0 Å². The van der Waals surface area contributed by atoms with E-state index in [9.17, 15) is 19.4 Å². The summed E-state index contributed by atoms with van der Waals surface area (Å²) in [7, 11) is 0. The summed E-state index contributed by atoms with van der Waals surface area (Å²) >= 11 is 0. The molecule has 0 spiro atoms. The Labute approximate surface area is 234 Å². The molecule has 0 amide bonds. The van der Waals surface area contributed by atoms with E-state index in [-0.39, 0.29) is 47.5 Å². The molecule has 0 atom stereocenters. The number of aromatic hydroxyl groups is 1. The number of phenols is 1. The largest absolute Gasteiger partial charge is 1.00 e. The van der Waals surface area contributed by atoms with E-state index in [0.29, 0.717) is 37.4 Å². The number of hydrogen-bond donors (Lipinski definition) is 1. The van der Waals surface area contributed by atoms with Gasteiger partial charge in [0.15, 0.2) is 0 Å². The van der Waals surface area contributed by atoms with Gasteiger partial charge in [0.25, 0.3) is 0 Å². The summed E-state index contributed by atoms with van der Waals surface area (Å²) in [6.45, 7) is 4.97. The number of halogens is 1. The third-order valence-electron chi connectivity index (χ3n) is 5.79. The van der Waals surface area contributed by atoms with E-state index in [0.717, 1.165) is 47.3 Å². The third kappa shape index (κ3) is 8.54. The molecule has 36 heavy (non-hydrogen) atoms. The van der Waals surface area contributed by atoms with E-state index in [1.54, 1.807) is 18.2 Å². The second-order valence-electron chi connectivity index (χ2n) is 8.45. The number of ether oxygens (including phenoxy) is 2. The molecule has 0 heterocycles. The first kappa shape index (κ1) is 29.7. The van der Waals surface area contributed by atoms with Gasteiger partial charge in [-0.1, -0.05) is 44.5 Å². The van der Waals surface area contributed by atoms with E-state index >= 15 is 0 Å². The Morgan fingerprint density at radius 1 is 0.917 bits per heavy atom. The minimum Gasteiger partial charge on any atom is -0.550 e. The Morgan fingerprint density at radius 3 is 2.19 bits per heavy atom. The maximum atomic E-state index is 13.3. The van der Waals surface area contributed by atoms with Gasteiger partial charge in [0.2, 0.25) is 0 Å². The molecule has 0 aliphatic heterocycles. The van der Waals surface area contributed by atoms with E-state index < -0.39 is 5.97 Å². The molecule has 3 rings (SSSR count). The van der Waals surface area contributed by atoms with Crippen molar-refractivity contribution >= 4 is 5.97 Å². The van der Waals surface area contributed by atoms with Crippen LogP contribution in [0.2, 0.25) is 0 Å². The molecule has 3 aromatic carbocycles. The Bertz CT molecular complexity index is 1130. The summed E-state index contributed by atoms with van der Waals surface area (Å²) in [5, 5.41) is 21.3. The predicted molar refractivity (Wildman–Crippen MR) is 132 cm³/mol. The molecule has 0 unspecified atom stereocenters. The molecule has 0 saturated heterocycles. The average Bonchev–Trinajstić information content (AvgIpc) is 2.84. The molecule has 0 bridgehead atoms. The maximum Gasteiger partial charge on any atom is 1.00 e. The van der Waals surface area contributed by atoms with Gasteiger partial charge in [0.05, 0.1) is 13.2 Å². The summed E-state index contributed by atoms with van der Waals surface area (Å²) in [4.78, 5) is 10.8. The molecule has 7 heteroatoms. The molecule has 186 valence electrons. The fraction of sp³-hybridized carbons (Fsp3) is 0.345. The van der Waals surface area contributed by atoms with Crippen LogP contribution in [-0.4, -0.2) is 24.3 Å².